The molecule has 0 fully saturated rings. The number of unbranched alkanes of at least 4 members (excludes halogenated alkanes) is 4. The number of rotatable bonds is 8. The van der Waals surface area contributed by atoms with E-state index < -0.39 is 12.1 Å². The molecular weight excluding hydrogens is 236 g/mol. The van der Waals surface area contributed by atoms with Crippen LogP contribution >= 0.6 is 11.3 Å². The largest absolute Gasteiger partial charge is 0.478 e. The van der Waals surface area contributed by atoms with E-state index in [0.717, 1.165) is 12.8 Å². The van der Waals surface area contributed by atoms with Crippen LogP contribution in [0.5, 0.6) is 0 Å². The molecule has 0 aliphatic carbocycles. The summed E-state index contributed by atoms with van der Waals surface area (Å²) >= 11 is 1.32. The number of aromatic carboxylic acids is 1. The molecule has 0 aliphatic rings. The van der Waals surface area contributed by atoms with Crippen LogP contribution in [0.4, 0.5) is 0 Å². The highest BCUT2D eigenvalue weighted by atomic mass is 32.1. The highest BCUT2D eigenvalue weighted by Crippen LogP contribution is 2.28. The predicted octanol–water partition coefficient (Wildman–Crippen LogP) is 3.84. The average Bonchev–Trinajstić information content (AvgIpc) is 2.77. The van der Waals surface area contributed by atoms with Crippen LogP contribution in [0, 0.1) is 0 Å². The second-order valence-electron chi connectivity index (χ2n) is 4.22. The molecule has 0 saturated heterocycles. The lowest BCUT2D eigenvalue weighted by atomic mass is 10.1. The zero-order valence-corrected chi connectivity index (χ0v) is 11.0. The lowest BCUT2D eigenvalue weighted by Crippen LogP contribution is -2.03. The summed E-state index contributed by atoms with van der Waals surface area (Å²) in [6.07, 6.45) is 5.73. The number of thiophene rings is 1. The Labute approximate surface area is 106 Å². The predicted molar refractivity (Wildman–Crippen MR) is 69.6 cm³/mol. The van der Waals surface area contributed by atoms with Gasteiger partial charge in [0.1, 0.15) is 0 Å². The van der Waals surface area contributed by atoms with Gasteiger partial charge in [0.15, 0.2) is 0 Å². The number of hydrogen-bond donors (Lipinski definition) is 2. The van der Waals surface area contributed by atoms with Crippen molar-refractivity contribution < 1.29 is 15.0 Å². The zero-order chi connectivity index (χ0) is 12.7. The van der Waals surface area contributed by atoms with Gasteiger partial charge in [-0.05, 0) is 17.9 Å². The van der Waals surface area contributed by atoms with Crippen LogP contribution in [0.3, 0.4) is 0 Å². The first kappa shape index (κ1) is 14.2. The molecular formula is C13H20O3S. The molecule has 0 aliphatic heterocycles. The highest BCUT2D eigenvalue weighted by Gasteiger charge is 2.17. The first-order valence-corrected chi connectivity index (χ1v) is 7.03. The Morgan fingerprint density at radius 3 is 2.71 bits per heavy atom. The normalized spacial score (nSPS) is 12.6. The van der Waals surface area contributed by atoms with Gasteiger partial charge in [-0.15, -0.1) is 11.3 Å². The first-order chi connectivity index (χ1) is 8.16. The van der Waals surface area contributed by atoms with Crippen LogP contribution in [0.15, 0.2) is 11.4 Å². The second kappa shape index (κ2) is 7.45. The van der Waals surface area contributed by atoms with E-state index in [0.29, 0.717) is 11.3 Å². The van der Waals surface area contributed by atoms with Crippen LogP contribution in [0.1, 0.15) is 66.8 Å². The molecule has 1 heterocycles. The molecule has 0 bridgehead atoms. The molecule has 1 rings (SSSR count). The van der Waals surface area contributed by atoms with E-state index in [4.69, 9.17) is 5.11 Å². The maximum atomic E-state index is 10.9. The van der Waals surface area contributed by atoms with Crippen molar-refractivity contribution in [2.24, 2.45) is 0 Å². The summed E-state index contributed by atoms with van der Waals surface area (Å²) in [5.74, 6) is -0.953. The Hall–Kier alpha value is -0.870. The smallest absolute Gasteiger partial charge is 0.336 e. The molecule has 0 radical (unpaired) electrons. The molecule has 0 saturated carbocycles. The zero-order valence-electron chi connectivity index (χ0n) is 10.2. The van der Waals surface area contributed by atoms with Crippen LogP contribution in [0.25, 0.3) is 0 Å². The van der Waals surface area contributed by atoms with Crippen LogP contribution in [-0.4, -0.2) is 16.2 Å². The monoisotopic (exact) mass is 256 g/mol. The lowest BCUT2D eigenvalue weighted by molar-refractivity contribution is 0.0689. The van der Waals surface area contributed by atoms with Gasteiger partial charge in [0.2, 0.25) is 0 Å². The fourth-order valence-corrected chi connectivity index (χ4v) is 2.74. The molecule has 2 N–H and O–H groups in total. The number of hydrogen-bond acceptors (Lipinski definition) is 3. The SMILES string of the molecule is CCCCCCCC(O)c1sccc1C(=O)O. The van der Waals surface area contributed by atoms with E-state index in [1.54, 1.807) is 11.4 Å². The van der Waals surface area contributed by atoms with Crippen molar-refractivity contribution in [3.05, 3.63) is 21.9 Å². The van der Waals surface area contributed by atoms with E-state index in [-0.39, 0.29) is 5.56 Å². The molecule has 17 heavy (non-hydrogen) atoms. The minimum Gasteiger partial charge on any atom is -0.478 e. The number of aliphatic hydroxyl groups excluding tert-OH is 1. The topological polar surface area (TPSA) is 57.5 Å². The molecule has 96 valence electrons. The Kier molecular flexibility index (Phi) is 6.22. The maximum Gasteiger partial charge on any atom is 0.336 e. The Morgan fingerprint density at radius 1 is 1.35 bits per heavy atom. The van der Waals surface area contributed by atoms with Crippen LogP contribution in [-0.2, 0) is 0 Å². The molecule has 1 aromatic heterocycles. The minimum absolute atomic E-state index is 0.246. The molecule has 3 nitrogen and oxygen atoms in total. The van der Waals surface area contributed by atoms with Gasteiger partial charge in [0.25, 0.3) is 0 Å². The summed E-state index contributed by atoms with van der Waals surface area (Å²) in [5.41, 5.74) is 0.246. The Morgan fingerprint density at radius 2 is 2.06 bits per heavy atom. The standard InChI is InChI=1S/C13H20O3S/c1-2-3-4-5-6-7-11(14)12-10(13(15)16)8-9-17-12/h8-9,11,14H,2-7H2,1H3,(H,15,16). The van der Waals surface area contributed by atoms with Gasteiger partial charge in [0.05, 0.1) is 11.7 Å². The van der Waals surface area contributed by atoms with Crippen molar-refractivity contribution >= 4 is 17.3 Å². The van der Waals surface area contributed by atoms with Crippen LogP contribution in [0.2, 0.25) is 0 Å². The molecule has 1 atom stereocenters. The molecule has 1 unspecified atom stereocenters. The van der Waals surface area contributed by atoms with Gasteiger partial charge >= 0.3 is 5.97 Å². The first-order valence-electron chi connectivity index (χ1n) is 6.15. The molecule has 4 heteroatoms. The molecule has 1 aromatic rings. The lowest BCUT2D eigenvalue weighted by Gasteiger charge is -2.09. The summed E-state index contributed by atoms with van der Waals surface area (Å²) in [7, 11) is 0. The summed E-state index contributed by atoms with van der Waals surface area (Å²) in [6.45, 7) is 2.17. The number of carboxylic acid groups (broad SMARTS) is 1. The van der Waals surface area contributed by atoms with Gasteiger partial charge in [0, 0.05) is 4.88 Å². The van der Waals surface area contributed by atoms with Crippen molar-refractivity contribution in [1.82, 2.24) is 0 Å². The average molecular weight is 256 g/mol. The van der Waals surface area contributed by atoms with Gasteiger partial charge in [-0.1, -0.05) is 39.0 Å². The van der Waals surface area contributed by atoms with Crippen molar-refractivity contribution in [2.75, 3.05) is 0 Å². The van der Waals surface area contributed by atoms with E-state index in [2.05, 4.69) is 6.92 Å². The summed E-state index contributed by atoms with van der Waals surface area (Å²) in [4.78, 5) is 11.5. The maximum absolute atomic E-state index is 10.9. The molecule has 0 amide bonds. The summed E-state index contributed by atoms with van der Waals surface area (Å²) in [5, 5.41) is 20.6. The molecule has 0 spiro atoms. The number of carboxylic acids is 1. The van der Waals surface area contributed by atoms with Gasteiger partial charge in [-0.3, -0.25) is 0 Å². The quantitative estimate of drug-likeness (QED) is 0.695. The number of carbonyl (C=O) groups is 1. The van der Waals surface area contributed by atoms with Crippen LogP contribution < -0.4 is 0 Å². The third-order valence-electron chi connectivity index (χ3n) is 2.81. The van der Waals surface area contributed by atoms with E-state index >= 15 is 0 Å². The number of aliphatic hydroxyl groups is 1. The third kappa shape index (κ3) is 4.48. The summed E-state index contributed by atoms with van der Waals surface area (Å²) in [6, 6.07) is 1.56. The third-order valence-corrected chi connectivity index (χ3v) is 3.83. The van der Waals surface area contributed by atoms with Crippen molar-refractivity contribution in [2.45, 2.75) is 51.6 Å². The summed E-state index contributed by atoms with van der Waals surface area (Å²) < 4.78 is 0. The van der Waals surface area contributed by atoms with Gasteiger partial charge < -0.3 is 10.2 Å². The second-order valence-corrected chi connectivity index (χ2v) is 5.17. The van der Waals surface area contributed by atoms with Crippen molar-refractivity contribution in [1.29, 1.82) is 0 Å². The van der Waals surface area contributed by atoms with E-state index in [9.17, 15) is 9.90 Å². The van der Waals surface area contributed by atoms with Crippen molar-refractivity contribution in [3.63, 3.8) is 0 Å². The van der Waals surface area contributed by atoms with Crippen molar-refractivity contribution in [3.8, 4) is 0 Å². The fraction of sp³-hybridized carbons (Fsp3) is 0.615. The fourth-order valence-electron chi connectivity index (χ4n) is 1.83. The van der Waals surface area contributed by atoms with E-state index in [1.807, 2.05) is 0 Å². The van der Waals surface area contributed by atoms with Gasteiger partial charge in [-0.25, -0.2) is 4.79 Å². The van der Waals surface area contributed by atoms with E-state index in [1.165, 1.54) is 30.6 Å². The highest BCUT2D eigenvalue weighted by molar-refractivity contribution is 7.10. The minimum atomic E-state index is -0.953. The molecule has 0 aromatic carbocycles. The van der Waals surface area contributed by atoms with Gasteiger partial charge in [-0.2, -0.15) is 0 Å². The Balaban J connectivity index is 2.38. The Bertz CT molecular complexity index is 346.